The van der Waals surface area contributed by atoms with Crippen molar-refractivity contribution in [3.63, 3.8) is 0 Å². The predicted octanol–water partition coefficient (Wildman–Crippen LogP) is 2.47. The van der Waals surface area contributed by atoms with Crippen LogP contribution in [0.15, 0.2) is 61.2 Å². The number of carbonyl (C=O) groups excluding carboxylic acids is 1. The molecule has 1 aliphatic rings. The minimum atomic E-state index is -0.736. The fourth-order valence-electron chi connectivity index (χ4n) is 2.72. The number of para-hydroxylation sites is 2. The Morgan fingerprint density at radius 3 is 2.88 bits per heavy atom. The van der Waals surface area contributed by atoms with E-state index in [4.69, 9.17) is 9.47 Å². The Balaban J connectivity index is 1.38. The molecule has 3 aromatic rings. The van der Waals surface area contributed by atoms with Gasteiger partial charge >= 0.3 is 0 Å². The first-order valence-electron chi connectivity index (χ1n) is 8.13. The predicted molar refractivity (Wildman–Crippen MR) is 91.7 cm³/mol. The molecule has 1 aromatic heterocycles. The summed E-state index contributed by atoms with van der Waals surface area (Å²) in [5.41, 5.74) is 1.05. The van der Waals surface area contributed by atoms with Gasteiger partial charge in [0.15, 0.2) is 11.5 Å². The molecule has 6 nitrogen and oxygen atoms in total. The normalized spacial score (nSPS) is 15.5. The minimum Gasteiger partial charge on any atom is -0.485 e. The van der Waals surface area contributed by atoms with Gasteiger partial charge in [-0.1, -0.05) is 18.2 Å². The summed E-state index contributed by atoms with van der Waals surface area (Å²) < 4.78 is 27.0. The topological polar surface area (TPSA) is 65.4 Å². The fraction of sp³-hybridized carbons (Fsp3) is 0.158. The van der Waals surface area contributed by atoms with Crippen LogP contribution in [-0.4, -0.2) is 28.2 Å². The van der Waals surface area contributed by atoms with Gasteiger partial charge in [-0.25, -0.2) is 9.37 Å². The summed E-state index contributed by atoms with van der Waals surface area (Å²) in [7, 11) is 0. The highest BCUT2D eigenvalue weighted by molar-refractivity contribution is 5.81. The van der Waals surface area contributed by atoms with Gasteiger partial charge in [-0.05, 0) is 29.8 Å². The number of ether oxygens (including phenoxy) is 2. The highest BCUT2D eigenvalue weighted by Gasteiger charge is 2.26. The van der Waals surface area contributed by atoms with Gasteiger partial charge in [0.1, 0.15) is 12.4 Å². The minimum absolute atomic E-state index is 0.136. The van der Waals surface area contributed by atoms with Crippen LogP contribution >= 0.6 is 0 Å². The van der Waals surface area contributed by atoms with Crippen molar-refractivity contribution in [2.45, 2.75) is 12.6 Å². The van der Waals surface area contributed by atoms with Crippen LogP contribution in [0.1, 0.15) is 5.56 Å². The molecule has 2 heterocycles. The fourth-order valence-corrected chi connectivity index (χ4v) is 2.72. The lowest BCUT2D eigenvalue weighted by atomic mass is 10.2. The molecule has 1 N–H and O–H groups in total. The number of amides is 1. The number of halogens is 1. The molecular formula is C19H16FN3O3. The van der Waals surface area contributed by atoms with E-state index in [2.05, 4.69) is 10.3 Å². The molecular weight excluding hydrogens is 337 g/mol. The van der Waals surface area contributed by atoms with Gasteiger partial charge in [0.2, 0.25) is 6.10 Å². The van der Waals surface area contributed by atoms with Crippen molar-refractivity contribution < 1.29 is 18.7 Å². The van der Waals surface area contributed by atoms with Gasteiger partial charge in [0, 0.05) is 18.9 Å². The third-order valence-corrected chi connectivity index (χ3v) is 4.06. The van der Waals surface area contributed by atoms with Crippen LogP contribution < -0.4 is 14.8 Å². The Morgan fingerprint density at radius 1 is 1.27 bits per heavy atom. The molecule has 0 aliphatic carbocycles. The zero-order valence-electron chi connectivity index (χ0n) is 13.8. The van der Waals surface area contributed by atoms with Gasteiger partial charge in [-0.3, -0.25) is 4.79 Å². The number of aromatic nitrogens is 2. The summed E-state index contributed by atoms with van der Waals surface area (Å²) in [6.07, 6.45) is 4.04. The van der Waals surface area contributed by atoms with E-state index in [-0.39, 0.29) is 24.9 Å². The van der Waals surface area contributed by atoms with Crippen LogP contribution in [0.4, 0.5) is 4.39 Å². The molecule has 1 atom stereocenters. The number of carbonyl (C=O) groups is 1. The molecule has 1 aliphatic heterocycles. The summed E-state index contributed by atoms with van der Waals surface area (Å²) in [6, 6.07) is 12.0. The molecule has 0 fully saturated rings. The Labute approximate surface area is 149 Å². The average Bonchev–Trinajstić information content (AvgIpc) is 3.20. The first-order chi connectivity index (χ1) is 12.7. The molecule has 0 radical (unpaired) electrons. The van der Waals surface area contributed by atoms with Gasteiger partial charge in [0.05, 0.1) is 12.0 Å². The lowest BCUT2D eigenvalue weighted by molar-refractivity contribution is -0.130. The third-order valence-electron chi connectivity index (χ3n) is 4.06. The summed E-state index contributed by atoms with van der Waals surface area (Å²) in [4.78, 5) is 16.2. The first kappa shape index (κ1) is 16.1. The molecule has 132 valence electrons. The number of nitrogens with zero attached hydrogens (tertiary/aromatic N) is 2. The molecule has 7 heteroatoms. The molecule has 0 saturated heterocycles. The molecule has 0 spiro atoms. The first-order valence-corrected chi connectivity index (χ1v) is 8.13. The van der Waals surface area contributed by atoms with Gasteiger partial charge in [-0.2, -0.15) is 0 Å². The molecule has 0 saturated carbocycles. The number of benzene rings is 2. The largest absolute Gasteiger partial charge is 0.485 e. The number of rotatable bonds is 4. The van der Waals surface area contributed by atoms with E-state index >= 15 is 0 Å². The molecule has 0 bridgehead atoms. The Hall–Kier alpha value is -3.35. The Morgan fingerprint density at radius 2 is 2.12 bits per heavy atom. The van der Waals surface area contributed by atoms with Crippen LogP contribution in [0.2, 0.25) is 0 Å². The average molecular weight is 353 g/mol. The second-order valence-electron chi connectivity index (χ2n) is 5.84. The summed E-state index contributed by atoms with van der Waals surface area (Å²) in [6.45, 7) is 0.332. The second-order valence-corrected chi connectivity index (χ2v) is 5.84. The number of nitrogens with one attached hydrogen (secondary N) is 1. The monoisotopic (exact) mass is 353 g/mol. The van der Waals surface area contributed by atoms with E-state index in [1.807, 2.05) is 12.1 Å². The van der Waals surface area contributed by atoms with E-state index in [1.165, 1.54) is 12.4 Å². The Kier molecular flexibility index (Phi) is 4.27. The Bertz CT molecular complexity index is 928. The van der Waals surface area contributed by atoms with E-state index in [1.54, 1.807) is 41.2 Å². The van der Waals surface area contributed by atoms with E-state index in [0.29, 0.717) is 22.7 Å². The zero-order valence-corrected chi connectivity index (χ0v) is 13.8. The number of fused-ring (bicyclic) bond motifs is 1. The van der Waals surface area contributed by atoms with Crippen molar-refractivity contribution in [2.24, 2.45) is 0 Å². The van der Waals surface area contributed by atoms with Crippen LogP contribution in [0.5, 0.6) is 11.5 Å². The summed E-state index contributed by atoms with van der Waals surface area (Å²) in [5, 5.41) is 2.75. The van der Waals surface area contributed by atoms with E-state index < -0.39 is 6.10 Å². The quantitative estimate of drug-likeness (QED) is 0.783. The van der Waals surface area contributed by atoms with Crippen LogP contribution in [0.3, 0.4) is 0 Å². The van der Waals surface area contributed by atoms with E-state index in [9.17, 15) is 9.18 Å². The smallest absolute Gasteiger partial charge is 0.264 e. The number of hydrogen-bond acceptors (Lipinski definition) is 4. The van der Waals surface area contributed by atoms with Crippen molar-refractivity contribution in [1.29, 1.82) is 0 Å². The lowest BCUT2D eigenvalue weighted by Crippen LogP contribution is -2.43. The number of imidazole rings is 1. The van der Waals surface area contributed by atoms with Crippen molar-refractivity contribution in [2.75, 3.05) is 6.61 Å². The van der Waals surface area contributed by atoms with Crippen LogP contribution in [0, 0.1) is 5.82 Å². The SMILES string of the molecule is O=C(NCc1ccc(-n2ccnc2)c(F)c1)[C@@H]1COc2ccccc2O1. The number of hydrogen-bond donors (Lipinski definition) is 1. The molecule has 26 heavy (non-hydrogen) atoms. The van der Waals surface area contributed by atoms with Crippen molar-refractivity contribution in [3.05, 3.63) is 72.6 Å². The molecule has 1 amide bonds. The van der Waals surface area contributed by atoms with Gasteiger partial charge < -0.3 is 19.4 Å². The maximum Gasteiger partial charge on any atom is 0.264 e. The summed E-state index contributed by atoms with van der Waals surface area (Å²) >= 11 is 0. The molecule has 4 rings (SSSR count). The highest BCUT2D eigenvalue weighted by atomic mass is 19.1. The zero-order chi connectivity index (χ0) is 17.9. The van der Waals surface area contributed by atoms with Gasteiger partial charge in [0.25, 0.3) is 5.91 Å². The molecule has 0 unspecified atom stereocenters. The second kappa shape index (κ2) is 6.87. The van der Waals surface area contributed by atoms with Crippen LogP contribution in [0.25, 0.3) is 5.69 Å². The standard InChI is InChI=1S/C19H16FN3O3/c20-14-9-13(5-6-15(14)23-8-7-21-12-23)10-22-19(24)18-11-25-16-3-1-2-4-17(16)26-18/h1-9,12,18H,10-11H2,(H,22,24)/t18-/m0/s1. The maximum absolute atomic E-state index is 14.3. The van der Waals surface area contributed by atoms with Crippen LogP contribution in [-0.2, 0) is 11.3 Å². The van der Waals surface area contributed by atoms with Crippen molar-refractivity contribution >= 4 is 5.91 Å². The van der Waals surface area contributed by atoms with Gasteiger partial charge in [-0.15, -0.1) is 0 Å². The lowest BCUT2D eigenvalue weighted by Gasteiger charge is -2.25. The maximum atomic E-state index is 14.3. The van der Waals surface area contributed by atoms with Crippen molar-refractivity contribution in [1.82, 2.24) is 14.9 Å². The highest BCUT2D eigenvalue weighted by Crippen LogP contribution is 2.30. The third kappa shape index (κ3) is 3.23. The summed E-state index contributed by atoms with van der Waals surface area (Å²) in [5.74, 6) is 0.461. The molecule has 2 aromatic carbocycles. The van der Waals surface area contributed by atoms with E-state index in [0.717, 1.165) is 0 Å². The van der Waals surface area contributed by atoms with Crippen molar-refractivity contribution in [3.8, 4) is 17.2 Å².